The van der Waals surface area contributed by atoms with Gasteiger partial charge < -0.3 is 19.1 Å². The molecule has 1 spiro atoms. The van der Waals surface area contributed by atoms with Gasteiger partial charge in [-0.15, -0.1) is 0 Å². The fourth-order valence-electron chi connectivity index (χ4n) is 5.56. The van der Waals surface area contributed by atoms with Crippen molar-refractivity contribution in [3.63, 3.8) is 0 Å². The molecule has 3 aliphatic heterocycles. The molecule has 0 N–H and O–H groups in total. The van der Waals surface area contributed by atoms with Gasteiger partial charge in [-0.3, -0.25) is 4.79 Å². The number of nitrogens with zero attached hydrogens (tertiary/aromatic N) is 1. The van der Waals surface area contributed by atoms with Crippen LogP contribution in [0.2, 0.25) is 0 Å². The monoisotopic (exact) mass is 435 g/mol. The predicted octanol–water partition coefficient (Wildman–Crippen LogP) is 4.27. The molecule has 5 nitrogen and oxygen atoms in total. The molecule has 2 aromatic carbocycles. The Morgan fingerprint density at radius 3 is 2.34 bits per heavy atom. The molecule has 1 amide bonds. The molecule has 5 rings (SSSR count). The lowest BCUT2D eigenvalue weighted by Crippen LogP contribution is -2.54. The molecule has 0 aliphatic carbocycles. The number of hydrogen-bond acceptors (Lipinski definition) is 4. The fraction of sp³-hybridized carbons (Fsp3) is 0.519. The topological polar surface area (TPSA) is 48.0 Å². The number of aryl methyl sites for hydroxylation is 1. The van der Waals surface area contributed by atoms with Gasteiger partial charge in [-0.1, -0.05) is 48.0 Å². The number of carbonyl (C=O) groups excluding carboxylic acids is 1. The van der Waals surface area contributed by atoms with Gasteiger partial charge in [-0.05, 0) is 50.3 Å². The lowest BCUT2D eigenvalue weighted by molar-refractivity contribution is -0.146. The molecule has 0 saturated carbocycles. The predicted molar refractivity (Wildman–Crippen MR) is 123 cm³/mol. The van der Waals surface area contributed by atoms with Crippen molar-refractivity contribution in [2.75, 3.05) is 32.9 Å². The summed E-state index contributed by atoms with van der Waals surface area (Å²) in [6, 6.07) is 18.5. The van der Waals surface area contributed by atoms with E-state index < -0.39 is 5.41 Å². The minimum Gasteiger partial charge on any atom is -0.488 e. The third-order valence-electron chi connectivity index (χ3n) is 7.54. The highest BCUT2D eigenvalue weighted by molar-refractivity contribution is 5.88. The number of amides is 1. The highest BCUT2D eigenvalue weighted by Gasteiger charge is 2.48. The Hall–Kier alpha value is -2.37. The second kappa shape index (κ2) is 8.87. The maximum absolute atomic E-state index is 13.9. The third kappa shape index (κ3) is 4.16. The number of hydrogen-bond donors (Lipinski definition) is 0. The van der Waals surface area contributed by atoms with Gasteiger partial charge in [-0.25, -0.2) is 0 Å². The summed E-state index contributed by atoms with van der Waals surface area (Å²) in [5.41, 5.74) is 1.72. The molecule has 1 atom stereocenters. The largest absolute Gasteiger partial charge is 0.488 e. The molecule has 5 heteroatoms. The Bertz CT molecular complexity index is 912. The Kier molecular flexibility index (Phi) is 5.95. The van der Waals surface area contributed by atoms with Crippen molar-refractivity contribution < 1.29 is 19.0 Å². The molecule has 170 valence electrons. The van der Waals surface area contributed by atoms with Crippen molar-refractivity contribution >= 4 is 5.91 Å². The van der Waals surface area contributed by atoms with Gasteiger partial charge in [0.2, 0.25) is 5.91 Å². The lowest BCUT2D eigenvalue weighted by atomic mass is 9.72. The van der Waals surface area contributed by atoms with E-state index in [-0.39, 0.29) is 17.6 Å². The first-order valence-corrected chi connectivity index (χ1v) is 11.9. The first kappa shape index (κ1) is 21.5. The van der Waals surface area contributed by atoms with E-state index in [2.05, 4.69) is 36.1 Å². The van der Waals surface area contributed by atoms with Gasteiger partial charge >= 0.3 is 0 Å². The van der Waals surface area contributed by atoms with E-state index in [4.69, 9.17) is 14.2 Å². The molecule has 32 heavy (non-hydrogen) atoms. The number of rotatable bonds is 4. The van der Waals surface area contributed by atoms with E-state index in [9.17, 15) is 4.79 Å². The van der Waals surface area contributed by atoms with Crippen LogP contribution >= 0.6 is 0 Å². The van der Waals surface area contributed by atoms with Gasteiger partial charge in [0.15, 0.2) is 0 Å². The van der Waals surface area contributed by atoms with Crippen molar-refractivity contribution in [2.45, 2.75) is 56.1 Å². The van der Waals surface area contributed by atoms with Crippen LogP contribution in [-0.2, 0) is 19.7 Å². The van der Waals surface area contributed by atoms with E-state index >= 15 is 0 Å². The Morgan fingerprint density at radius 2 is 1.66 bits per heavy atom. The maximum Gasteiger partial charge on any atom is 0.233 e. The summed E-state index contributed by atoms with van der Waals surface area (Å²) in [4.78, 5) is 15.9. The van der Waals surface area contributed by atoms with Gasteiger partial charge in [-0.2, -0.15) is 0 Å². The molecule has 3 aliphatic rings. The number of ether oxygens (including phenoxy) is 3. The third-order valence-corrected chi connectivity index (χ3v) is 7.54. The zero-order chi connectivity index (χ0) is 22.0. The van der Waals surface area contributed by atoms with Crippen LogP contribution in [0.15, 0.2) is 54.6 Å². The van der Waals surface area contributed by atoms with E-state index in [0.29, 0.717) is 19.8 Å². The van der Waals surface area contributed by atoms with Crippen molar-refractivity contribution in [1.82, 2.24) is 4.90 Å². The minimum absolute atomic E-state index is 0.0778. The van der Waals surface area contributed by atoms with Crippen LogP contribution in [-0.4, -0.2) is 55.4 Å². The van der Waals surface area contributed by atoms with E-state index in [1.54, 1.807) is 0 Å². The van der Waals surface area contributed by atoms with Gasteiger partial charge in [0, 0.05) is 32.7 Å². The summed E-state index contributed by atoms with van der Waals surface area (Å²) < 4.78 is 18.1. The van der Waals surface area contributed by atoms with Gasteiger partial charge in [0.1, 0.15) is 11.9 Å². The normalized spacial score (nSPS) is 24.4. The van der Waals surface area contributed by atoms with Crippen LogP contribution in [0.4, 0.5) is 0 Å². The van der Waals surface area contributed by atoms with Crippen LogP contribution in [0.5, 0.6) is 5.75 Å². The second-order valence-corrected chi connectivity index (χ2v) is 9.60. The van der Waals surface area contributed by atoms with E-state index in [1.165, 1.54) is 5.56 Å². The zero-order valence-corrected chi connectivity index (χ0v) is 18.9. The van der Waals surface area contributed by atoms with Crippen molar-refractivity contribution in [1.29, 1.82) is 0 Å². The average molecular weight is 436 g/mol. The van der Waals surface area contributed by atoms with Crippen LogP contribution in [0.25, 0.3) is 0 Å². The highest BCUT2D eigenvalue weighted by Crippen LogP contribution is 2.41. The molecule has 3 fully saturated rings. The molecule has 3 heterocycles. The van der Waals surface area contributed by atoms with Crippen molar-refractivity contribution in [2.24, 2.45) is 0 Å². The van der Waals surface area contributed by atoms with Gasteiger partial charge in [0.25, 0.3) is 0 Å². The van der Waals surface area contributed by atoms with Crippen LogP contribution < -0.4 is 4.74 Å². The minimum atomic E-state index is -0.466. The molecule has 0 radical (unpaired) electrons. The molecular weight excluding hydrogens is 402 g/mol. The lowest BCUT2D eigenvalue weighted by Gasteiger charge is -2.44. The zero-order valence-electron chi connectivity index (χ0n) is 18.9. The van der Waals surface area contributed by atoms with Crippen LogP contribution in [0.1, 0.15) is 43.2 Å². The number of piperidine rings is 1. The number of carbonyl (C=O) groups is 1. The molecular formula is C27H33NO4. The van der Waals surface area contributed by atoms with E-state index in [1.807, 2.05) is 30.3 Å². The summed E-state index contributed by atoms with van der Waals surface area (Å²) in [6.07, 6.45) is 4.21. The van der Waals surface area contributed by atoms with Crippen LogP contribution in [0, 0.1) is 6.92 Å². The maximum atomic E-state index is 13.9. The Balaban J connectivity index is 1.25. The molecule has 0 bridgehead atoms. The van der Waals surface area contributed by atoms with Gasteiger partial charge in [0.05, 0.1) is 17.6 Å². The standard InChI is InChI=1S/C27H33NO4/c1-21-7-9-22(10-8-21)27(13-17-30-18-14-27)25(29)28-15-11-26(12-16-28)19-24(20-31-26)32-23-5-3-2-4-6-23/h2-10,24H,11-20H2,1H3/t24-/m1/s1. The van der Waals surface area contributed by atoms with Crippen molar-refractivity contribution in [3.8, 4) is 5.75 Å². The summed E-state index contributed by atoms with van der Waals surface area (Å²) in [5.74, 6) is 1.15. The summed E-state index contributed by atoms with van der Waals surface area (Å²) in [5, 5.41) is 0. The number of benzene rings is 2. The fourth-order valence-corrected chi connectivity index (χ4v) is 5.56. The second-order valence-electron chi connectivity index (χ2n) is 9.60. The Morgan fingerprint density at radius 1 is 0.969 bits per heavy atom. The smallest absolute Gasteiger partial charge is 0.233 e. The molecule has 0 unspecified atom stereocenters. The summed E-state index contributed by atoms with van der Waals surface area (Å²) in [6.45, 7) is 5.46. The summed E-state index contributed by atoms with van der Waals surface area (Å²) in [7, 11) is 0. The number of likely N-dealkylation sites (tertiary alicyclic amines) is 1. The summed E-state index contributed by atoms with van der Waals surface area (Å²) >= 11 is 0. The molecule has 0 aromatic heterocycles. The first-order valence-electron chi connectivity index (χ1n) is 11.9. The quantitative estimate of drug-likeness (QED) is 0.720. The number of para-hydroxylation sites is 1. The first-order chi connectivity index (χ1) is 15.6. The SMILES string of the molecule is Cc1ccc(C2(C(=O)N3CCC4(CC3)C[C@@H](Oc3ccccc3)CO4)CCOCC2)cc1. The van der Waals surface area contributed by atoms with E-state index in [0.717, 1.165) is 56.5 Å². The molecule has 3 saturated heterocycles. The molecule has 2 aromatic rings. The van der Waals surface area contributed by atoms with Crippen LogP contribution in [0.3, 0.4) is 0 Å². The van der Waals surface area contributed by atoms with Crippen molar-refractivity contribution in [3.05, 3.63) is 65.7 Å². The average Bonchev–Trinajstić information content (AvgIpc) is 3.22. The highest BCUT2D eigenvalue weighted by atomic mass is 16.6. The Labute approximate surface area is 190 Å².